The maximum atomic E-state index is 13.1. The van der Waals surface area contributed by atoms with E-state index in [-0.39, 0.29) is 5.56 Å². The molecule has 0 spiro atoms. The average Bonchev–Trinajstić information content (AvgIpc) is 3.41. The molecule has 1 fully saturated rings. The molecule has 4 rings (SSSR count). The van der Waals surface area contributed by atoms with Crippen LogP contribution in [0.15, 0.2) is 54.9 Å². The summed E-state index contributed by atoms with van der Waals surface area (Å²) >= 11 is 0. The lowest BCUT2D eigenvalue weighted by Crippen LogP contribution is -2.46. The van der Waals surface area contributed by atoms with Crippen molar-refractivity contribution in [3.8, 4) is 17.1 Å². The SMILES string of the molecule is CCCCC(NC(=O)c1cccnc1-n1ccc(-c2ccc(N3CCOCC3)cc2)n1)C(=O)C(N)=O. The van der Waals surface area contributed by atoms with Crippen LogP contribution in [0.5, 0.6) is 0 Å². The van der Waals surface area contributed by atoms with E-state index >= 15 is 0 Å². The van der Waals surface area contributed by atoms with Gasteiger partial charge in [-0.15, -0.1) is 0 Å². The van der Waals surface area contributed by atoms with Crippen LogP contribution in [-0.2, 0) is 14.3 Å². The van der Waals surface area contributed by atoms with E-state index in [1.165, 1.54) is 4.68 Å². The zero-order valence-corrected chi connectivity index (χ0v) is 20.2. The van der Waals surface area contributed by atoms with Crippen molar-refractivity contribution in [2.24, 2.45) is 5.73 Å². The number of nitrogens with zero attached hydrogens (tertiary/aromatic N) is 4. The number of carbonyl (C=O) groups is 3. The second kappa shape index (κ2) is 11.6. The van der Waals surface area contributed by atoms with Gasteiger partial charge in [-0.05, 0) is 36.8 Å². The number of ether oxygens (including phenoxy) is 1. The van der Waals surface area contributed by atoms with Gasteiger partial charge >= 0.3 is 0 Å². The number of rotatable bonds is 10. The van der Waals surface area contributed by atoms with Crippen molar-refractivity contribution in [3.63, 3.8) is 0 Å². The number of anilines is 1. The molecule has 3 N–H and O–H groups in total. The van der Waals surface area contributed by atoms with E-state index in [0.717, 1.165) is 49.7 Å². The number of carbonyl (C=O) groups excluding carboxylic acids is 3. The Hall–Kier alpha value is -4.05. The first-order valence-electron chi connectivity index (χ1n) is 12.1. The second-order valence-electron chi connectivity index (χ2n) is 8.56. The number of morpholine rings is 1. The first kappa shape index (κ1) is 25.1. The summed E-state index contributed by atoms with van der Waals surface area (Å²) in [6, 6.07) is 12.2. The summed E-state index contributed by atoms with van der Waals surface area (Å²) in [5.41, 5.74) is 8.20. The number of pyridine rings is 1. The number of ketones is 1. The molecular formula is C26H30N6O4. The van der Waals surface area contributed by atoms with Crippen LogP contribution in [0.1, 0.15) is 36.5 Å². The molecule has 2 amide bonds. The molecule has 1 aromatic carbocycles. The predicted octanol–water partition coefficient (Wildman–Crippen LogP) is 2.11. The monoisotopic (exact) mass is 490 g/mol. The highest BCUT2D eigenvalue weighted by Crippen LogP contribution is 2.23. The van der Waals surface area contributed by atoms with Gasteiger partial charge in [0, 0.05) is 36.7 Å². The summed E-state index contributed by atoms with van der Waals surface area (Å²) in [6.07, 6.45) is 5.09. The van der Waals surface area contributed by atoms with Crippen LogP contribution in [-0.4, -0.2) is 64.7 Å². The third-order valence-corrected chi connectivity index (χ3v) is 6.09. The molecule has 10 nitrogen and oxygen atoms in total. The van der Waals surface area contributed by atoms with E-state index in [1.54, 1.807) is 24.5 Å². The lowest BCUT2D eigenvalue weighted by atomic mass is 10.0. The molecule has 0 saturated carbocycles. The number of aromatic nitrogens is 3. The minimum atomic E-state index is -1.07. The Bertz CT molecular complexity index is 1220. The van der Waals surface area contributed by atoms with Crippen molar-refractivity contribution >= 4 is 23.3 Å². The Morgan fingerprint density at radius 2 is 1.86 bits per heavy atom. The molecule has 3 heterocycles. The van der Waals surface area contributed by atoms with Gasteiger partial charge in [0.2, 0.25) is 5.78 Å². The fourth-order valence-electron chi connectivity index (χ4n) is 4.10. The molecule has 1 aliphatic rings. The molecular weight excluding hydrogens is 460 g/mol. The Morgan fingerprint density at radius 1 is 1.11 bits per heavy atom. The molecule has 10 heteroatoms. The molecule has 1 saturated heterocycles. The molecule has 0 aliphatic carbocycles. The third-order valence-electron chi connectivity index (χ3n) is 6.09. The van der Waals surface area contributed by atoms with E-state index < -0.39 is 23.6 Å². The highest BCUT2D eigenvalue weighted by molar-refractivity contribution is 6.38. The average molecular weight is 491 g/mol. The second-order valence-corrected chi connectivity index (χ2v) is 8.56. The van der Waals surface area contributed by atoms with E-state index in [2.05, 4.69) is 32.4 Å². The molecule has 0 bridgehead atoms. The van der Waals surface area contributed by atoms with Crippen molar-refractivity contribution in [1.82, 2.24) is 20.1 Å². The zero-order chi connectivity index (χ0) is 25.5. The van der Waals surface area contributed by atoms with Gasteiger partial charge in [-0.3, -0.25) is 14.4 Å². The lowest BCUT2D eigenvalue weighted by Gasteiger charge is -2.28. The fraction of sp³-hybridized carbons (Fsp3) is 0.346. The summed E-state index contributed by atoms with van der Waals surface area (Å²) in [4.78, 5) is 43.4. The van der Waals surface area contributed by atoms with Gasteiger partial charge in [0.25, 0.3) is 11.8 Å². The van der Waals surface area contributed by atoms with Crippen molar-refractivity contribution in [3.05, 3.63) is 60.4 Å². The van der Waals surface area contributed by atoms with Gasteiger partial charge in [-0.1, -0.05) is 31.9 Å². The van der Waals surface area contributed by atoms with Crippen molar-refractivity contribution < 1.29 is 19.1 Å². The predicted molar refractivity (Wildman–Crippen MR) is 135 cm³/mol. The molecule has 2 aromatic heterocycles. The lowest BCUT2D eigenvalue weighted by molar-refractivity contribution is -0.137. The summed E-state index contributed by atoms with van der Waals surface area (Å²) in [5.74, 6) is -2.10. The number of amides is 2. The number of nitrogens with one attached hydrogen (secondary N) is 1. The largest absolute Gasteiger partial charge is 0.378 e. The molecule has 1 aliphatic heterocycles. The summed E-state index contributed by atoms with van der Waals surface area (Å²) in [7, 11) is 0. The molecule has 3 aromatic rings. The number of primary amides is 1. The number of Topliss-reactive ketones (excluding diaryl/α,β-unsaturated/α-hetero) is 1. The normalized spacial score (nSPS) is 14.3. The summed E-state index contributed by atoms with van der Waals surface area (Å²) in [6.45, 7) is 5.13. The van der Waals surface area contributed by atoms with Crippen LogP contribution in [0, 0.1) is 0 Å². The zero-order valence-electron chi connectivity index (χ0n) is 20.2. The van der Waals surface area contributed by atoms with E-state index in [1.807, 2.05) is 25.1 Å². The number of nitrogens with two attached hydrogens (primary N) is 1. The number of benzene rings is 1. The maximum Gasteiger partial charge on any atom is 0.287 e. The topological polar surface area (TPSA) is 132 Å². The van der Waals surface area contributed by atoms with Crippen LogP contribution in [0.2, 0.25) is 0 Å². The molecule has 1 unspecified atom stereocenters. The van der Waals surface area contributed by atoms with Crippen LogP contribution >= 0.6 is 0 Å². The van der Waals surface area contributed by atoms with Gasteiger partial charge in [-0.25, -0.2) is 9.67 Å². The van der Waals surface area contributed by atoms with Crippen molar-refractivity contribution in [1.29, 1.82) is 0 Å². The Kier molecular flexibility index (Phi) is 8.06. The highest BCUT2D eigenvalue weighted by Gasteiger charge is 2.26. The first-order chi connectivity index (χ1) is 17.5. The summed E-state index contributed by atoms with van der Waals surface area (Å²) < 4.78 is 6.94. The van der Waals surface area contributed by atoms with Gasteiger partial charge < -0.3 is 20.7 Å². The quantitative estimate of drug-likeness (QED) is 0.416. The van der Waals surface area contributed by atoms with Crippen molar-refractivity contribution in [2.75, 3.05) is 31.2 Å². The van der Waals surface area contributed by atoms with E-state index in [9.17, 15) is 14.4 Å². The molecule has 1 atom stereocenters. The molecule has 36 heavy (non-hydrogen) atoms. The van der Waals surface area contributed by atoms with E-state index in [0.29, 0.717) is 18.7 Å². The van der Waals surface area contributed by atoms with Crippen LogP contribution in [0.4, 0.5) is 5.69 Å². The minimum Gasteiger partial charge on any atom is -0.378 e. The van der Waals surface area contributed by atoms with E-state index in [4.69, 9.17) is 10.5 Å². The molecule has 188 valence electrons. The third kappa shape index (κ3) is 5.77. The summed E-state index contributed by atoms with van der Waals surface area (Å²) in [5, 5.41) is 7.28. The standard InChI is InChI=1S/C26H30N6O4/c1-2-3-6-22(23(33)24(27)34)29-26(35)20-5-4-12-28-25(20)32-13-11-21(30-32)18-7-9-19(10-8-18)31-14-16-36-17-15-31/h4-5,7-13,22H,2-3,6,14-17H2,1H3,(H2,27,34)(H,29,35). The fourth-order valence-corrected chi connectivity index (χ4v) is 4.10. The van der Waals surface area contributed by atoms with Crippen molar-refractivity contribution in [2.45, 2.75) is 32.2 Å². The first-order valence-corrected chi connectivity index (χ1v) is 12.1. The maximum absolute atomic E-state index is 13.1. The van der Waals surface area contributed by atoms with Crippen LogP contribution < -0.4 is 16.0 Å². The molecule has 0 radical (unpaired) electrons. The van der Waals surface area contributed by atoms with Crippen LogP contribution in [0.3, 0.4) is 0 Å². The van der Waals surface area contributed by atoms with Gasteiger partial charge in [0.1, 0.15) is 0 Å². The smallest absolute Gasteiger partial charge is 0.287 e. The van der Waals surface area contributed by atoms with Gasteiger partial charge in [0.15, 0.2) is 5.82 Å². The van der Waals surface area contributed by atoms with Gasteiger partial charge in [-0.2, -0.15) is 5.10 Å². The number of hydrogen-bond donors (Lipinski definition) is 2. The highest BCUT2D eigenvalue weighted by atomic mass is 16.5. The Morgan fingerprint density at radius 3 is 2.56 bits per heavy atom. The number of hydrogen-bond acceptors (Lipinski definition) is 7. The minimum absolute atomic E-state index is 0.230. The van der Waals surface area contributed by atoms with Gasteiger partial charge in [0.05, 0.1) is 30.5 Å². The Labute approximate surface area is 209 Å². The number of unbranched alkanes of at least 4 members (excludes halogenated alkanes) is 1. The Balaban J connectivity index is 1.53. The van der Waals surface area contributed by atoms with Crippen LogP contribution in [0.25, 0.3) is 17.1 Å².